The van der Waals surface area contributed by atoms with Gasteiger partial charge in [-0.05, 0) is 49.7 Å². The SMILES string of the molecule is CCN1C(=O)NC(c2ccc(OC)c(O)c2)C(c2nc(-c3ccc4c(c3)OCO4)no2)=C1C. The minimum Gasteiger partial charge on any atom is -0.504 e. The number of fused-ring (bicyclic) bond motifs is 1. The number of nitrogens with zero attached hydrogens (tertiary/aromatic N) is 3. The molecule has 1 atom stereocenters. The number of allylic oxidation sites excluding steroid dienone is 1. The van der Waals surface area contributed by atoms with Gasteiger partial charge in [-0.2, -0.15) is 4.98 Å². The Hall–Kier alpha value is -4.21. The molecule has 3 heterocycles. The van der Waals surface area contributed by atoms with Crippen LogP contribution in [0.3, 0.4) is 0 Å². The molecule has 2 N–H and O–H groups in total. The van der Waals surface area contributed by atoms with E-state index >= 15 is 0 Å². The highest BCUT2D eigenvalue weighted by Gasteiger charge is 2.35. The third-order valence-electron chi connectivity index (χ3n) is 5.74. The maximum absolute atomic E-state index is 12.7. The number of carbonyl (C=O) groups excluding carboxylic acids is 1. The summed E-state index contributed by atoms with van der Waals surface area (Å²) in [6.45, 7) is 4.35. The number of methoxy groups -OCH3 is 1. The fourth-order valence-electron chi connectivity index (χ4n) is 4.06. The standard InChI is InChI=1S/C23H22N4O6/c1-4-27-12(2)19(20(24-23(27)29)13-5-7-16(30-3)15(28)9-13)22-25-21(26-33-22)14-6-8-17-18(10-14)32-11-31-17/h5-10,20,28H,4,11H2,1-3H3,(H,24,29). The van der Waals surface area contributed by atoms with E-state index in [-0.39, 0.29) is 24.5 Å². The molecule has 3 aromatic rings. The maximum Gasteiger partial charge on any atom is 0.322 e. The molecule has 2 amide bonds. The normalized spacial score (nSPS) is 17.4. The molecular formula is C23H22N4O6. The summed E-state index contributed by atoms with van der Waals surface area (Å²) in [5.74, 6) is 2.21. The summed E-state index contributed by atoms with van der Waals surface area (Å²) < 4.78 is 21.6. The van der Waals surface area contributed by atoms with E-state index in [4.69, 9.17) is 18.7 Å². The molecule has 0 radical (unpaired) electrons. The van der Waals surface area contributed by atoms with Crippen molar-refractivity contribution in [2.45, 2.75) is 19.9 Å². The third-order valence-corrected chi connectivity index (χ3v) is 5.74. The van der Waals surface area contributed by atoms with Gasteiger partial charge < -0.3 is 29.2 Å². The smallest absolute Gasteiger partial charge is 0.322 e. The van der Waals surface area contributed by atoms with E-state index in [9.17, 15) is 9.90 Å². The lowest BCUT2D eigenvalue weighted by atomic mass is 9.94. The second-order valence-electron chi connectivity index (χ2n) is 7.55. The largest absolute Gasteiger partial charge is 0.504 e. The third kappa shape index (κ3) is 3.49. The highest BCUT2D eigenvalue weighted by molar-refractivity contribution is 5.87. The Morgan fingerprint density at radius 3 is 2.79 bits per heavy atom. The summed E-state index contributed by atoms with van der Waals surface area (Å²) in [4.78, 5) is 18.9. The molecule has 0 aliphatic carbocycles. The molecule has 170 valence electrons. The molecule has 0 saturated heterocycles. The van der Waals surface area contributed by atoms with E-state index < -0.39 is 6.04 Å². The first-order valence-corrected chi connectivity index (χ1v) is 10.4. The number of benzene rings is 2. The Morgan fingerprint density at radius 1 is 1.21 bits per heavy atom. The summed E-state index contributed by atoms with van der Waals surface area (Å²) >= 11 is 0. The molecule has 2 aromatic carbocycles. The van der Waals surface area contributed by atoms with Gasteiger partial charge in [-0.15, -0.1) is 0 Å². The van der Waals surface area contributed by atoms with Gasteiger partial charge in [-0.1, -0.05) is 11.2 Å². The van der Waals surface area contributed by atoms with E-state index in [0.717, 1.165) is 0 Å². The van der Waals surface area contributed by atoms with E-state index in [1.54, 1.807) is 35.2 Å². The van der Waals surface area contributed by atoms with Gasteiger partial charge in [0.25, 0.3) is 5.89 Å². The Bertz CT molecular complexity index is 1270. The molecule has 1 unspecified atom stereocenters. The number of amides is 2. The molecule has 2 aliphatic rings. The quantitative estimate of drug-likeness (QED) is 0.604. The number of rotatable bonds is 5. The van der Waals surface area contributed by atoms with Crippen molar-refractivity contribution in [2.75, 3.05) is 20.4 Å². The van der Waals surface area contributed by atoms with Crippen LogP contribution in [0.25, 0.3) is 17.0 Å². The minimum absolute atomic E-state index is 0.0363. The number of phenolic OH excluding ortho intramolecular Hbond substituents is 1. The van der Waals surface area contributed by atoms with E-state index in [1.807, 2.05) is 19.9 Å². The molecule has 0 spiro atoms. The van der Waals surface area contributed by atoms with Crippen LogP contribution in [0.5, 0.6) is 23.0 Å². The number of nitrogens with one attached hydrogen (secondary N) is 1. The monoisotopic (exact) mass is 450 g/mol. The number of hydrogen-bond donors (Lipinski definition) is 2. The number of aromatic nitrogens is 2. The van der Waals surface area contributed by atoms with E-state index in [0.29, 0.717) is 52.0 Å². The number of urea groups is 1. The second-order valence-corrected chi connectivity index (χ2v) is 7.55. The Morgan fingerprint density at radius 2 is 2.03 bits per heavy atom. The first kappa shape index (κ1) is 20.7. The van der Waals surface area contributed by atoms with Gasteiger partial charge in [0.2, 0.25) is 12.6 Å². The van der Waals surface area contributed by atoms with E-state index in [2.05, 4.69) is 15.5 Å². The molecule has 5 rings (SSSR count). The summed E-state index contributed by atoms with van der Waals surface area (Å²) in [6, 6.07) is 9.50. The fraction of sp³-hybridized carbons (Fsp3) is 0.261. The highest BCUT2D eigenvalue weighted by Crippen LogP contribution is 2.40. The zero-order chi connectivity index (χ0) is 23.1. The summed E-state index contributed by atoms with van der Waals surface area (Å²) in [6.07, 6.45) is 0. The first-order valence-electron chi connectivity index (χ1n) is 10.4. The Kier molecular flexibility index (Phi) is 5.04. The van der Waals surface area contributed by atoms with Crippen molar-refractivity contribution in [3.8, 4) is 34.4 Å². The van der Waals surface area contributed by atoms with Crippen molar-refractivity contribution in [3.05, 3.63) is 53.5 Å². The number of ether oxygens (including phenoxy) is 3. The molecule has 0 fully saturated rings. The lowest BCUT2D eigenvalue weighted by Gasteiger charge is -2.34. The van der Waals surface area contributed by atoms with Crippen molar-refractivity contribution in [1.82, 2.24) is 20.4 Å². The van der Waals surface area contributed by atoms with Crippen LogP contribution in [0.15, 0.2) is 46.6 Å². The van der Waals surface area contributed by atoms with Gasteiger partial charge in [-0.3, -0.25) is 4.90 Å². The zero-order valence-corrected chi connectivity index (χ0v) is 18.3. The van der Waals surface area contributed by atoms with Crippen LogP contribution in [-0.4, -0.2) is 46.6 Å². The van der Waals surface area contributed by atoms with Gasteiger partial charge >= 0.3 is 6.03 Å². The van der Waals surface area contributed by atoms with Gasteiger partial charge in [-0.25, -0.2) is 4.79 Å². The summed E-state index contributed by atoms with van der Waals surface area (Å²) in [7, 11) is 1.47. The number of carbonyl (C=O) groups is 1. The van der Waals surface area contributed by atoms with Crippen molar-refractivity contribution >= 4 is 11.6 Å². The molecule has 1 aromatic heterocycles. The highest BCUT2D eigenvalue weighted by atomic mass is 16.7. The van der Waals surface area contributed by atoms with Crippen LogP contribution < -0.4 is 19.5 Å². The average Bonchev–Trinajstić information content (AvgIpc) is 3.48. The maximum atomic E-state index is 12.7. The molecule has 33 heavy (non-hydrogen) atoms. The lowest BCUT2D eigenvalue weighted by molar-refractivity contribution is 0.174. The first-order chi connectivity index (χ1) is 16.0. The average molecular weight is 450 g/mol. The summed E-state index contributed by atoms with van der Waals surface area (Å²) in [5, 5.41) is 17.4. The van der Waals surface area contributed by atoms with Gasteiger partial charge in [0.05, 0.1) is 18.7 Å². The van der Waals surface area contributed by atoms with Crippen LogP contribution in [0, 0.1) is 0 Å². The fourth-order valence-corrected chi connectivity index (χ4v) is 4.06. The lowest BCUT2D eigenvalue weighted by Crippen LogP contribution is -2.45. The Labute approximate surface area is 189 Å². The topological polar surface area (TPSA) is 119 Å². The van der Waals surface area contributed by atoms with Crippen LogP contribution in [0.1, 0.15) is 31.3 Å². The number of phenols is 1. The van der Waals surface area contributed by atoms with Crippen LogP contribution >= 0.6 is 0 Å². The van der Waals surface area contributed by atoms with Crippen molar-refractivity contribution in [2.24, 2.45) is 0 Å². The molecule has 0 saturated carbocycles. The van der Waals surface area contributed by atoms with Crippen molar-refractivity contribution in [1.29, 1.82) is 0 Å². The summed E-state index contributed by atoms with van der Waals surface area (Å²) in [5.41, 5.74) is 2.68. The molecule has 10 nitrogen and oxygen atoms in total. The molecular weight excluding hydrogens is 428 g/mol. The van der Waals surface area contributed by atoms with Gasteiger partial charge in [0.15, 0.2) is 23.0 Å². The predicted molar refractivity (Wildman–Crippen MR) is 117 cm³/mol. The van der Waals surface area contributed by atoms with Crippen LogP contribution in [0.4, 0.5) is 4.79 Å². The number of hydrogen-bond acceptors (Lipinski definition) is 8. The van der Waals surface area contributed by atoms with Crippen molar-refractivity contribution < 1.29 is 28.6 Å². The molecule has 10 heteroatoms. The van der Waals surface area contributed by atoms with Crippen LogP contribution in [0.2, 0.25) is 0 Å². The van der Waals surface area contributed by atoms with Crippen molar-refractivity contribution in [3.63, 3.8) is 0 Å². The van der Waals surface area contributed by atoms with Crippen LogP contribution in [-0.2, 0) is 0 Å². The predicted octanol–water partition coefficient (Wildman–Crippen LogP) is 3.70. The van der Waals surface area contributed by atoms with E-state index in [1.165, 1.54) is 7.11 Å². The van der Waals surface area contributed by atoms with Gasteiger partial charge in [0.1, 0.15) is 0 Å². The Balaban J connectivity index is 1.58. The second kappa shape index (κ2) is 8.05. The zero-order valence-electron chi connectivity index (χ0n) is 18.3. The minimum atomic E-state index is -0.609. The molecule has 2 aliphatic heterocycles. The molecule has 0 bridgehead atoms. The number of aromatic hydroxyl groups is 1. The van der Waals surface area contributed by atoms with Gasteiger partial charge in [0, 0.05) is 17.8 Å².